The highest BCUT2D eigenvalue weighted by atomic mass is 35.5. The summed E-state index contributed by atoms with van der Waals surface area (Å²) in [5.74, 6) is 1.20. The van der Waals surface area contributed by atoms with Gasteiger partial charge in [0.1, 0.15) is 16.6 Å². The molecule has 7 heteroatoms. The fourth-order valence-electron chi connectivity index (χ4n) is 1.81. The Bertz CT molecular complexity index is 709. The molecule has 0 atom stereocenters. The van der Waals surface area contributed by atoms with Gasteiger partial charge in [-0.2, -0.15) is 0 Å². The number of ether oxygens (including phenoxy) is 1. The molecule has 0 aliphatic rings. The van der Waals surface area contributed by atoms with Crippen LogP contribution in [0.1, 0.15) is 25.3 Å². The molecule has 2 aromatic rings. The van der Waals surface area contributed by atoms with E-state index < -0.39 is 10.0 Å². The van der Waals surface area contributed by atoms with Crippen LogP contribution in [0.25, 0.3) is 0 Å². The van der Waals surface area contributed by atoms with E-state index in [9.17, 15) is 8.42 Å². The van der Waals surface area contributed by atoms with E-state index in [4.69, 9.17) is 16.3 Å². The third-order valence-electron chi connectivity index (χ3n) is 3.02. The maximum atomic E-state index is 12.0. The van der Waals surface area contributed by atoms with Gasteiger partial charge in [0.2, 0.25) is 10.0 Å². The van der Waals surface area contributed by atoms with Crippen molar-refractivity contribution in [3.8, 4) is 5.75 Å². The second-order valence-corrected chi connectivity index (χ2v) is 8.74. The summed E-state index contributed by atoms with van der Waals surface area (Å²) in [6.45, 7) is 4.71. The predicted molar refractivity (Wildman–Crippen MR) is 90.5 cm³/mol. The number of halogens is 1. The van der Waals surface area contributed by atoms with Gasteiger partial charge >= 0.3 is 0 Å². The number of hydrogen-bond acceptors (Lipinski definition) is 4. The van der Waals surface area contributed by atoms with E-state index in [1.54, 1.807) is 6.07 Å². The van der Waals surface area contributed by atoms with Crippen LogP contribution in [-0.2, 0) is 10.0 Å². The van der Waals surface area contributed by atoms with Crippen molar-refractivity contribution in [3.63, 3.8) is 0 Å². The molecule has 0 saturated carbocycles. The van der Waals surface area contributed by atoms with E-state index in [0.29, 0.717) is 10.3 Å². The molecule has 1 heterocycles. The smallest absolute Gasteiger partial charge is 0.250 e. The van der Waals surface area contributed by atoms with Crippen LogP contribution in [0.3, 0.4) is 0 Å². The zero-order valence-electron chi connectivity index (χ0n) is 12.4. The van der Waals surface area contributed by atoms with E-state index in [2.05, 4.69) is 18.6 Å². The molecule has 22 heavy (non-hydrogen) atoms. The van der Waals surface area contributed by atoms with Crippen molar-refractivity contribution in [1.29, 1.82) is 0 Å². The lowest BCUT2D eigenvalue weighted by atomic mass is 10.0. The fourth-order valence-corrected chi connectivity index (χ4v) is 4.35. The largest absolute Gasteiger partial charge is 0.492 e. The van der Waals surface area contributed by atoms with Crippen molar-refractivity contribution < 1.29 is 13.2 Å². The molecule has 0 saturated heterocycles. The van der Waals surface area contributed by atoms with Gasteiger partial charge in [0.15, 0.2) is 0 Å². The van der Waals surface area contributed by atoms with Crippen molar-refractivity contribution in [2.24, 2.45) is 0 Å². The molecular formula is C15H18ClNO3S2. The van der Waals surface area contributed by atoms with Gasteiger partial charge in [-0.25, -0.2) is 13.1 Å². The number of benzene rings is 1. The molecule has 0 bridgehead atoms. The molecule has 1 aromatic carbocycles. The summed E-state index contributed by atoms with van der Waals surface area (Å²) in [5.41, 5.74) is 1.24. The molecule has 0 amide bonds. The molecule has 0 spiro atoms. The molecule has 0 aliphatic heterocycles. The van der Waals surface area contributed by atoms with Gasteiger partial charge in [0.25, 0.3) is 0 Å². The molecular weight excluding hydrogens is 342 g/mol. The standard InChI is InChI=1S/C15H18ClNO3S2/c1-11(2)12-3-5-13(6-4-12)20-10-9-17-22(18,19)15-8-7-14(16)21-15/h3-8,11,17H,9-10H2,1-2H3. The summed E-state index contributed by atoms with van der Waals surface area (Å²) in [6, 6.07) is 10.9. The zero-order chi connectivity index (χ0) is 16.2. The van der Waals surface area contributed by atoms with Gasteiger partial charge in [0.05, 0.1) is 4.34 Å². The van der Waals surface area contributed by atoms with E-state index in [1.165, 1.54) is 11.6 Å². The number of hydrogen-bond donors (Lipinski definition) is 1. The van der Waals surface area contributed by atoms with E-state index in [-0.39, 0.29) is 17.4 Å². The average Bonchev–Trinajstić information content (AvgIpc) is 2.92. The Kier molecular flexibility index (Phi) is 5.86. The summed E-state index contributed by atoms with van der Waals surface area (Å²) in [6.07, 6.45) is 0. The Balaban J connectivity index is 1.82. The van der Waals surface area contributed by atoms with Crippen molar-refractivity contribution >= 4 is 33.0 Å². The predicted octanol–water partition coefficient (Wildman–Crippen LogP) is 3.88. The van der Waals surface area contributed by atoms with Crippen LogP contribution in [0, 0.1) is 0 Å². The van der Waals surface area contributed by atoms with Crippen LogP contribution in [0.2, 0.25) is 4.34 Å². The summed E-state index contributed by atoms with van der Waals surface area (Å²) < 4.78 is 32.6. The zero-order valence-corrected chi connectivity index (χ0v) is 14.8. The number of nitrogens with one attached hydrogen (secondary N) is 1. The highest BCUT2D eigenvalue weighted by Crippen LogP contribution is 2.25. The Morgan fingerprint density at radius 2 is 1.86 bits per heavy atom. The van der Waals surface area contributed by atoms with Crippen molar-refractivity contribution in [3.05, 3.63) is 46.3 Å². The Morgan fingerprint density at radius 1 is 1.18 bits per heavy atom. The Morgan fingerprint density at radius 3 is 2.41 bits per heavy atom. The first-order valence-electron chi connectivity index (χ1n) is 6.86. The van der Waals surface area contributed by atoms with Crippen LogP contribution >= 0.6 is 22.9 Å². The summed E-state index contributed by atoms with van der Waals surface area (Å²) in [7, 11) is -3.51. The maximum Gasteiger partial charge on any atom is 0.250 e. The highest BCUT2D eigenvalue weighted by molar-refractivity contribution is 7.91. The van der Waals surface area contributed by atoms with Crippen LogP contribution < -0.4 is 9.46 Å². The van der Waals surface area contributed by atoms with Crippen molar-refractivity contribution in [2.75, 3.05) is 13.2 Å². The first kappa shape index (κ1) is 17.3. The molecule has 120 valence electrons. The van der Waals surface area contributed by atoms with E-state index >= 15 is 0 Å². The third kappa shape index (κ3) is 4.71. The lowest BCUT2D eigenvalue weighted by Crippen LogP contribution is -2.27. The lowest BCUT2D eigenvalue weighted by Gasteiger charge is -2.09. The van der Waals surface area contributed by atoms with Gasteiger partial charge in [-0.1, -0.05) is 37.6 Å². The van der Waals surface area contributed by atoms with E-state index in [0.717, 1.165) is 17.1 Å². The number of sulfonamides is 1. The van der Waals surface area contributed by atoms with Crippen molar-refractivity contribution in [2.45, 2.75) is 24.0 Å². The topological polar surface area (TPSA) is 55.4 Å². The second kappa shape index (κ2) is 7.46. The SMILES string of the molecule is CC(C)c1ccc(OCCNS(=O)(=O)c2ccc(Cl)s2)cc1. The number of thiophene rings is 1. The normalized spacial score (nSPS) is 11.8. The van der Waals surface area contributed by atoms with Gasteiger partial charge < -0.3 is 4.74 Å². The molecule has 0 fully saturated rings. The Labute approximate surface area is 140 Å². The quantitative estimate of drug-likeness (QED) is 0.763. The van der Waals surface area contributed by atoms with Gasteiger partial charge in [-0.15, -0.1) is 11.3 Å². The van der Waals surface area contributed by atoms with Crippen LogP contribution in [0.5, 0.6) is 5.75 Å². The minimum absolute atomic E-state index is 0.198. The van der Waals surface area contributed by atoms with Gasteiger partial charge in [0, 0.05) is 6.54 Å². The monoisotopic (exact) mass is 359 g/mol. The van der Waals surface area contributed by atoms with Gasteiger partial charge in [-0.05, 0) is 35.7 Å². The molecule has 1 N–H and O–H groups in total. The summed E-state index contributed by atoms with van der Waals surface area (Å²) >= 11 is 6.77. The molecule has 0 aliphatic carbocycles. The summed E-state index contributed by atoms with van der Waals surface area (Å²) in [4.78, 5) is 0. The average molecular weight is 360 g/mol. The minimum Gasteiger partial charge on any atom is -0.492 e. The second-order valence-electron chi connectivity index (χ2n) is 5.03. The fraction of sp³-hybridized carbons (Fsp3) is 0.333. The minimum atomic E-state index is -3.51. The third-order valence-corrected chi connectivity index (χ3v) is 6.21. The van der Waals surface area contributed by atoms with Crippen LogP contribution in [0.4, 0.5) is 0 Å². The van der Waals surface area contributed by atoms with Crippen LogP contribution in [0.15, 0.2) is 40.6 Å². The molecule has 0 unspecified atom stereocenters. The first-order valence-corrected chi connectivity index (χ1v) is 9.54. The molecule has 4 nitrogen and oxygen atoms in total. The van der Waals surface area contributed by atoms with Crippen LogP contribution in [-0.4, -0.2) is 21.6 Å². The molecule has 1 aromatic heterocycles. The maximum absolute atomic E-state index is 12.0. The summed E-state index contributed by atoms with van der Waals surface area (Å²) in [5, 5.41) is 0. The highest BCUT2D eigenvalue weighted by Gasteiger charge is 2.15. The molecule has 2 rings (SSSR count). The Hall–Kier alpha value is -1.08. The lowest BCUT2D eigenvalue weighted by molar-refractivity contribution is 0.323. The van der Waals surface area contributed by atoms with Gasteiger partial charge in [-0.3, -0.25) is 0 Å². The first-order chi connectivity index (χ1) is 10.4. The number of rotatable bonds is 7. The van der Waals surface area contributed by atoms with Crippen molar-refractivity contribution in [1.82, 2.24) is 4.72 Å². The molecule has 0 radical (unpaired) electrons. The van der Waals surface area contributed by atoms with E-state index in [1.807, 2.05) is 24.3 Å².